The number of methoxy groups -OCH3 is 1. The molecule has 0 bridgehead atoms. The van der Waals surface area contributed by atoms with Crippen LogP contribution in [0.25, 0.3) is 0 Å². The summed E-state index contributed by atoms with van der Waals surface area (Å²) in [5.74, 6) is 0.542. The fourth-order valence-electron chi connectivity index (χ4n) is 1.58. The lowest BCUT2D eigenvalue weighted by molar-refractivity contribution is -0.115. The summed E-state index contributed by atoms with van der Waals surface area (Å²) in [4.78, 5) is 15.9. The second-order valence-corrected chi connectivity index (χ2v) is 3.31. The molecule has 0 radical (unpaired) electrons. The third kappa shape index (κ3) is 1.41. The average Bonchev–Trinajstić information content (AvgIpc) is 2.17. The van der Waals surface area contributed by atoms with Crippen LogP contribution in [0.15, 0.2) is 40.8 Å². The molecule has 72 valence electrons. The van der Waals surface area contributed by atoms with Crippen molar-refractivity contribution >= 4 is 11.5 Å². The fourth-order valence-corrected chi connectivity index (χ4v) is 1.58. The molecule has 0 saturated heterocycles. The molecule has 0 fully saturated rings. The largest absolute Gasteiger partial charge is 0.497 e. The molecule has 2 aliphatic rings. The maximum atomic E-state index is 11.6. The summed E-state index contributed by atoms with van der Waals surface area (Å²) < 4.78 is 5.06. The number of ketones is 1. The first-order chi connectivity index (χ1) is 6.70. The summed E-state index contributed by atoms with van der Waals surface area (Å²) in [6.07, 6.45) is 7.01. The Morgan fingerprint density at radius 2 is 2.21 bits per heavy atom. The quantitative estimate of drug-likeness (QED) is 0.628. The summed E-state index contributed by atoms with van der Waals surface area (Å²) in [5.41, 5.74) is 1.57. The molecular formula is C11H11NO2. The number of aliphatic imine (C=N–C) groups is 1. The van der Waals surface area contributed by atoms with Gasteiger partial charge in [0.1, 0.15) is 5.76 Å². The molecule has 1 unspecified atom stereocenters. The highest BCUT2D eigenvalue weighted by molar-refractivity contribution is 6.18. The van der Waals surface area contributed by atoms with E-state index in [1.807, 2.05) is 19.1 Å². The second kappa shape index (κ2) is 3.25. The molecule has 1 atom stereocenters. The Balaban J connectivity index is 2.38. The molecule has 0 aromatic carbocycles. The Morgan fingerprint density at radius 1 is 1.43 bits per heavy atom. The number of hydrogen-bond acceptors (Lipinski definition) is 3. The molecule has 0 aromatic heterocycles. The van der Waals surface area contributed by atoms with Crippen molar-refractivity contribution in [1.29, 1.82) is 0 Å². The Bertz CT molecular complexity index is 400. The Hall–Kier alpha value is -1.64. The van der Waals surface area contributed by atoms with Crippen LogP contribution in [0.5, 0.6) is 0 Å². The average molecular weight is 189 g/mol. The first-order valence-electron chi connectivity index (χ1n) is 4.45. The van der Waals surface area contributed by atoms with Gasteiger partial charge >= 0.3 is 0 Å². The molecule has 0 amide bonds. The van der Waals surface area contributed by atoms with Crippen molar-refractivity contribution in [2.24, 2.45) is 10.9 Å². The maximum Gasteiger partial charge on any atom is 0.170 e. The summed E-state index contributed by atoms with van der Waals surface area (Å²) in [5, 5.41) is 0. The number of nitrogens with zero attached hydrogens (tertiary/aromatic N) is 1. The zero-order valence-electron chi connectivity index (χ0n) is 8.15. The number of rotatable bonds is 1. The van der Waals surface area contributed by atoms with Gasteiger partial charge in [0.25, 0.3) is 0 Å². The molecule has 3 heteroatoms. The third-order valence-electron chi connectivity index (χ3n) is 2.27. The first kappa shape index (κ1) is 8.94. The summed E-state index contributed by atoms with van der Waals surface area (Å²) >= 11 is 0. The Morgan fingerprint density at radius 3 is 2.93 bits per heavy atom. The predicted octanol–water partition coefficient (Wildman–Crippen LogP) is 1.63. The zero-order chi connectivity index (χ0) is 10.1. The number of ether oxygens (including phenoxy) is 1. The van der Waals surface area contributed by atoms with E-state index in [0.717, 1.165) is 17.2 Å². The maximum absolute atomic E-state index is 11.6. The molecule has 1 heterocycles. The van der Waals surface area contributed by atoms with Gasteiger partial charge in [-0.2, -0.15) is 0 Å². The van der Waals surface area contributed by atoms with Gasteiger partial charge in [-0.1, -0.05) is 0 Å². The van der Waals surface area contributed by atoms with E-state index in [4.69, 9.17) is 4.74 Å². The molecule has 2 rings (SSSR count). The highest BCUT2D eigenvalue weighted by atomic mass is 16.5. The minimum absolute atomic E-state index is 0.0754. The number of hydrogen-bond donors (Lipinski definition) is 0. The molecular weight excluding hydrogens is 178 g/mol. The van der Waals surface area contributed by atoms with Crippen LogP contribution in [0, 0.1) is 5.92 Å². The van der Waals surface area contributed by atoms with Crippen LogP contribution in [0.3, 0.4) is 0 Å². The van der Waals surface area contributed by atoms with Crippen molar-refractivity contribution in [1.82, 2.24) is 0 Å². The zero-order valence-corrected chi connectivity index (χ0v) is 8.15. The van der Waals surface area contributed by atoms with Crippen LogP contribution in [0.1, 0.15) is 6.92 Å². The molecule has 14 heavy (non-hydrogen) atoms. The monoisotopic (exact) mass is 189 g/mol. The molecule has 3 nitrogen and oxygen atoms in total. The van der Waals surface area contributed by atoms with Gasteiger partial charge in [-0.05, 0) is 25.2 Å². The smallest absolute Gasteiger partial charge is 0.170 e. The fraction of sp³-hybridized carbons (Fsp3) is 0.273. The van der Waals surface area contributed by atoms with Gasteiger partial charge in [0, 0.05) is 11.8 Å². The van der Waals surface area contributed by atoms with E-state index >= 15 is 0 Å². The van der Waals surface area contributed by atoms with Crippen LogP contribution < -0.4 is 0 Å². The van der Waals surface area contributed by atoms with Crippen molar-refractivity contribution in [3.8, 4) is 0 Å². The highest BCUT2D eigenvalue weighted by Crippen LogP contribution is 2.22. The summed E-state index contributed by atoms with van der Waals surface area (Å²) in [6.45, 7) is 1.82. The van der Waals surface area contributed by atoms with Gasteiger partial charge < -0.3 is 4.74 Å². The van der Waals surface area contributed by atoms with Gasteiger partial charge in [0.2, 0.25) is 0 Å². The molecule has 0 aromatic rings. The van der Waals surface area contributed by atoms with E-state index in [2.05, 4.69) is 4.99 Å². The minimum Gasteiger partial charge on any atom is -0.497 e. The number of allylic oxidation sites excluding steroid dienone is 5. The van der Waals surface area contributed by atoms with E-state index in [1.165, 1.54) is 0 Å². The number of carbonyl (C=O) groups excluding carboxylic acids is 1. The van der Waals surface area contributed by atoms with E-state index in [1.54, 1.807) is 19.3 Å². The van der Waals surface area contributed by atoms with Crippen molar-refractivity contribution < 1.29 is 9.53 Å². The molecule has 1 aliphatic heterocycles. The van der Waals surface area contributed by atoms with Gasteiger partial charge in [-0.15, -0.1) is 0 Å². The second-order valence-electron chi connectivity index (χ2n) is 3.31. The van der Waals surface area contributed by atoms with Crippen LogP contribution in [0.2, 0.25) is 0 Å². The van der Waals surface area contributed by atoms with Gasteiger partial charge in [-0.3, -0.25) is 9.79 Å². The third-order valence-corrected chi connectivity index (χ3v) is 2.27. The SMILES string of the molecule is COC1=CC2C(=O)C=C(C)N=C2C=C1. The first-order valence-corrected chi connectivity index (χ1v) is 4.45. The molecule has 0 N–H and O–H groups in total. The lowest BCUT2D eigenvalue weighted by atomic mass is 9.91. The highest BCUT2D eigenvalue weighted by Gasteiger charge is 2.25. The van der Waals surface area contributed by atoms with E-state index in [9.17, 15) is 4.79 Å². The molecule has 0 spiro atoms. The van der Waals surface area contributed by atoms with Crippen molar-refractivity contribution in [2.45, 2.75) is 6.92 Å². The van der Waals surface area contributed by atoms with Gasteiger partial charge in [0.05, 0.1) is 18.7 Å². The standard InChI is InChI=1S/C11H11NO2/c1-7-5-11(13)9-6-8(14-2)3-4-10(9)12-7/h3-6,9H,1-2H3. The topological polar surface area (TPSA) is 38.7 Å². The number of carbonyl (C=O) groups is 1. The summed E-state index contributed by atoms with van der Waals surface area (Å²) in [6, 6.07) is 0. The minimum atomic E-state index is -0.251. The van der Waals surface area contributed by atoms with Gasteiger partial charge in [-0.25, -0.2) is 0 Å². The van der Waals surface area contributed by atoms with E-state index < -0.39 is 0 Å². The Labute approximate surface area is 82.5 Å². The van der Waals surface area contributed by atoms with E-state index in [0.29, 0.717) is 0 Å². The van der Waals surface area contributed by atoms with Crippen molar-refractivity contribution in [3.05, 3.63) is 35.8 Å². The van der Waals surface area contributed by atoms with Crippen LogP contribution in [0.4, 0.5) is 0 Å². The van der Waals surface area contributed by atoms with E-state index in [-0.39, 0.29) is 11.7 Å². The van der Waals surface area contributed by atoms with Crippen LogP contribution >= 0.6 is 0 Å². The predicted molar refractivity (Wildman–Crippen MR) is 53.9 cm³/mol. The normalized spacial score (nSPS) is 24.9. The summed E-state index contributed by atoms with van der Waals surface area (Å²) in [7, 11) is 1.59. The lowest BCUT2D eigenvalue weighted by Crippen LogP contribution is -2.25. The van der Waals surface area contributed by atoms with Crippen LogP contribution in [-0.2, 0) is 9.53 Å². The van der Waals surface area contributed by atoms with Crippen LogP contribution in [-0.4, -0.2) is 18.6 Å². The number of fused-ring (bicyclic) bond motifs is 1. The van der Waals surface area contributed by atoms with Gasteiger partial charge in [0.15, 0.2) is 5.78 Å². The lowest BCUT2D eigenvalue weighted by Gasteiger charge is -2.19. The Kier molecular flexibility index (Phi) is 2.08. The molecule has 1 aliphatic carbocycles. The van der Waals surface area contributed by atoms with Crippen molar-refractivity contribution in [3.63, 3.8) is 0 Å². The van der Waals surface area contributed by atoms with Crippen molar-refractivity contribution in [2.75, 3.05) is 7.11 Å². The molecule has 0 saturated carbocycles.